The smallest absolute Gasteiger partial charge is 0.160 e. The lowest BCUT2D eigenvalue weighted by Crippen LogP contribution is -2.33. The molecule has 5 heteroatoms. The van der Waals surface area contributed by atoms with Gasteiger partial charge >= 0.3 is 0 Å². The molecule has 9 aromatic carbocycles. The first-order valence-corrected chi connectivity index (χ1v) is 19.7. The number of aliphatic imine (C=N–C) groups is 2. The highest BCUT2D eigenvalue weighted by Crippen LogP contribution is 2.40. The molecule has 11 aromatic rings. The maximum Gasteiger partial charge on any atom is 0.160 e. The van der Waals surface area contributed by atoms with Crippen molar-refractivity contribution < 1.29 is 4.42 Å². The van der Waals surface area contributed by atoms with Crippen molar-refractivity contribution in [2.75, 3.05) is 0 Å². The van der Waals surface area contributed by atoms with Gasteiger partial charge in [0.15, 0.2) is 5.84 Å². The molecule has 3 heterocycles. The van der Waals surface area contributed by atoms with Crippen LogP contribution >= 0.6 is 11.3 Å². The molecule has 4 nitrogen and oxygen atoms in total. The summed E-state index contributed by atoms with van der Waals surface area (Å²) in [5.41, 5.74) is 6.97. The van der Waals surface area contributed by atoms with Gasteiger partial charge in [0.2, 0.25) is 0 Å². The van der Waals surface area contributed by atoms with Gasteiger partial charge in [0.05, 0.1) is 0 Å². The maximum absolute atomic E-state index is 6.54. The van der Waals surface area contributed by atoms with Crippen LogP contribution in [0, 0.1) is 0 Å². The molecule has 1 atom stereocenters. The summed E-state index contributed by atoms with van der Waals surface area (Å²) in [6.45, 7) is 0. The van der Waals surface area contributed by atoms with Crippen LogP contribution in [0.5, 0.6) is 0 Å². The van der Waals surface area contributed by atoms with E-state index in [1.165, 1.54) is 52.5 Å². The summed E-state index contributed by atoms with van der Waals surface area (Å²) in [5, 5.41) is 15.8. The second kappa shape index (κ2) is 12.2. The summed E-state index contributed by atoms with van der Waals surface area (Å²) >= 11 is 1.82. The van der Waals surface area contributed by atoms with E-state index in [-0.39, 0.29) is 6.17 Å². The highest BCUT2D eigenvalue weighted by Gasteiger charge is 2.24. The van der Waals surface area contributed by atoms with Crippen molar-refractivity contribution in [3.63, 3.8) is 0 Å². The largest absolute Gasteiger partial charge is 0.456 e. The molecule has 12 rings (SSSR count). The fourth-order valence-electron chi connectivity index (χ4n) is 8.68. The zero-order valence-corrected chi connectivity index (χ0v) is 30.8. The fourth-order valence-corrected chi connectivity index (χ4v) is 9.76. The predicted molar refractivity (Wildman–Crippen MR) is 236 cm³/mol. The molecule has 0 saturated carbocycles. The van der Waals surface area contributed by atoms with E-state index < -0.39 is 0 Å². The molecule has 1 unspecified atom stereocenters. The molecular formula is C51H31N3OS. The van der Waals surface area contributed by atoms with Crippen LogP contribution in [-0.4, -0.2) is 11.7 Å². The van der Waals surface area contributed by atoms with Crippen molar-refractivity contribution in [2.45, 2.75) is 6.17 Å². The summed E-state index contributed by atoms with van der Waals surface area (Å²) in [6, 6.07) is 62.7. The van der Waals surface area contributed by atoms with Gasteiger partial charge in [-0.2, -0.15) is 0 Å². The third kappa shape index (κ3) is 4.84. The maximum atomic E-state index is 6.54. The normalized spacial score (nSPS) is 14.6. The number of rotatable bonds is 4. The molecular weight excluding hydrogens is 703 g/mol. The molecule has 1 aliphatic heterocycles. The first kappa shape index (κ1) is 31.3. The molecule has 0 bridgehead atoms. The summed E-state index contributed by atoms with van der Waals surface area (Å²) < 4.78 is 9.08. The minimum absolute atomic E-state index is 0.318. The lowest BCUT2D eigenvalue weighted by Gasteiger charge is -2.24. The van der Waals surface area contributed by atoms with Crippen LogP contribution in [0.1, 0.15) is 22.9 Å². The first-order valence-electron chi connectivity index (χ1n) is 18.9. The van der Waals surface area contributed by atoms with Gasteiger partial charge < -0.3 is 9.73 Å². The molecule has 2 aromatic heterocycles. The highest BCUT2D eigenvalue weighted by molar-refractivity contribution is 7.25. The van der Waals surface area contributed by atoms with Crippen molar-refractivity contribution >= 4 is 97.4 Å². The minimum atomic E-state index is -0.318. The quantitative estimate of drug-likeness (QED) is 0.183. The van der Waals surface area contributed by atoms with Crippen LogP contribution < -0.4 is 5.32 Å². The molecule has 0 radical (unpaired) electrons. The average molecular weight is 734 g/mol. The molecule has 0 aliphatic carbocycles. The number of nitrogens with zero attached hydrogens (tertiary/aromatic N) is 2. The Hall–Kier alpha value is -7.08. The Labute approximate surface area is 325 Å². The third-order valence-corrected chi connectivity index (χ3v) is 12.5. The van der Waals surface area contributed by atoms with Gasteiger partial charge in [-0.3, -0.25) is 0 Å². The van der Waals surface area contributed by atoms with Gasteiger partial charge in [-0.05, 0) is 97.5 Å². The van der Waals surface area contributed by atoms with E-state index in [0.717, 1.165) is 55.6 Å². The number of hydrogen-bond donors (Lipinski definition) is 1. The van der Waals surface area contributed by atoms with Gasteiger partial charge in [-0.1, -0.05) is 127 Å². The molecule has 0 saturated heterocycles. The first-order chi connectivity index (χ1) is 27.7. The zero-order chi connectivity index (χ0) is 36.7. The van der Waals surface area contributed by atoms with E-state index in [0.29, 0.717) is 5.84 Å². The molecule has 0 fully saturated rings. The molecule has 262 valence electrons. The van der Waals surface area contributed by atoms with Crippen molar-refractivity contribution in [2.24, 2.45) is 9.98 Å². The predicted octanol–water partition coefficient (Wildman–Crippen LogP) is 13.6. The summed E-state index contributed by atoms with van der Waals surface area (Å²) in [4.78, 5) is 10.6. The number of furan rings is 1. The number of fused-ring (bicyclic) bond motifs is 12. The van der Waals surface area contributed by atoms with Crippen molar-refractivity contribution in [3.05, 3.63) is 193 Å². The topological polar surface area (TPSA) is 49.9 Å². The molecule has 56 heavy (non-hydrogen) atoms. The van der Waals surface area contributed by atoms with Crippen LogP contribution in [0.25, 0.3) is 85.6 Å². The van der Waals surface area contributed by atoms with Crippen molar-refractivity contribution in [3.8, 4) is 11.1 Å². The van der Waals surface area contributed by atoms with E-state index in [9.17, 15) is 0 Å². The summed E-state index contributed by atoms with van der Waals surface area (Å²) in [5.74, 6) is 1.47. The Kier molecular flexibility index (Phi) is 6.83. The monoisotopic (exact) mass is 733 g/mol. The van der Waals surface area contributed by atoms with Gasteiger partial charge in [0, 0.05) is 42.1 Å². The number of benzene rings is 9. The zero-order valence-electron chi connectivity index (χ0n) is 30.0. The molecule has 1 N–H and O–H groups in total. The second-order valence-corrected chi connectivity index (χ2v) is 15.6. The molecule has 0 amide bonds. The van der Waals surface area contributed by atoms with Crippen LogP contribution in [-0.2, 0) is 0 Å². The standard InChI is InChI=1S/C51H31N3OS/c1-2-11-30(12-3-1)49-52-50(33-23-26-47-42(29-33)39-17-8-9-20-46(39)56-47)54-51(53-49)40-18-10-19-45-48(40)43-28-32(22-25-44(43)55-45)31-21-24-38-36-15-5-4-13-34(36)35-14-6-7-16-37(35)41(38)27-31/h1-29,49H,(H,52,53,54). The fraction of sp³-hybridized carbons (Fsp3) is 0.0196. The summed E-state index contributed by atoms with van der Waals surface area (Å²) in [6.07, 6.45) is -0.318. The lowest BCUT2D eigenvalue weighted by atomic mass is 9.92. The second-order valence-electron chi connectivity index (χ2n) is 14.5. The number of hydrogen-bond acceptors (Lipinski definition) is 5. The van der Waals surface area contributed by atoms with Crippen LogP contribution in [0.2, 0.25) is 0 Å². The third-order valence-electron chi connectivity index (χ3n) is 11.3. The van der Waals surface area contributed by atoms with Crippen LogP contribution in [0.3, 0.4) is 0 Å². The number of thiophene rings is 1. The van der Waals surface area contributed by atoms with Crippen molar-refractivity contribution in [1.82, 2.24) is 5.32 Å². The van der Waals surface area contributed by atoms with Gasteiger partial charge in [-0.25, -0.2) is 9.98 Å². The number of amidine groups is 2. The van der Waals surface area contributed by atoms with E-state index in [2.05, 4.69) is 163 Å². The Balaban J connectivity index is 1.03. The van der Waals surface area contributed by atoms with E-state index in [4.69, 9.17) is 14.4 Å². The lowest BCUT2D eigenvalue weighted by molar-refractivity contribution is 0.668. The van der Waals surface area contributed by atoms with Crippen LogP contribution in [0.15, 0.2) is 190 Å². The number of nitrogens with one attached hydrogen (secondary N) is 1. The van der Waals surface area contributed by atoms with Gasteiger partial charge in [0.25, 0.3) is 0 Å². The molecule has 0 spiro atoms. The Morgan fingerprint density at radius 3 is 1.84 bits per heavy atom. The summed E-state index contributed by atoms with van der Waals surface area (Å²) in [7, 11) is 0. The minimum Gasteiger partial charge on any atom is -0.456 e. The highest BCUT2D eigenvalue weighted by atomic mass is 32.1. The van der Waals surface area contributed by atoms with E-state index in [1.807, 2.05) is 29.5 Å². The van der Waals surface area contributed by atoms with Crippen LogP contribution in [0.4, 0.5) is 0 Å². The Morgan fingerprint density at radius 2 is 1.05 bits per heavy atom. The van der Waals surface area contributed by atoms with Gasteiger partial charge in [0.1, 0.15) is 23.2 Å². The van der Waals surface area contributed by atoms with E-state index in [1.54, 1.807) is 0 Å². The Bertz CT molecular complexity index is 3430. The SMILES string of the molecule is c1ccc(C2N=C(c3cccc4oc5ccc(-c6ccc7c8ccccc8c8ccccc8c7c6)cc5c34)N=C(c3ccc4sc5ccccc5c4c3)N2)cc1. The van der Waals surface area contributed by atoms with Gasteiger partial charge in [-0.15, -0.1) is 11.3 Å². The Morgan fingerprint density at radius 1 is 0.446 bits per heavy atom. The van der Waals surface area contributed by atoms with Crippen molar-refractivity contribution in [1.29, 1.82) is 0 Å². The van der Waals surface area contributed by atoms with E-state index >= 15 is 0 Å². The average Bonchev–Trinajstić information content (AvgIpc) is 3.84. The molecule has 1 aliphatic rings.